The molecule has 5 heteroatoms. The zero-order chi connectivity index (χ0) is 17.8. The molecule has 0 bridgehead atoms. The number of rotatable bonds is 5. The van der Waals surface area contributed by atoms with Crippen LogP contribution >= 0.6 is 23.2 Å². The van der Waals surface area contributed by atoms with Crippen molar-refractivity contribution in [2.45, 2.75) is 13.5 Å². The molecular weight excluding hydrogens is 355 g/mol. The van der Waals surface area contributed by atoms with E-state index >= 15 is 0 Å². The van der Waals surface area contributed by atoms with Crippen molar-refractivity contribution >= 4 is 35.4 Å². The number of nitrogens with zero attached hydrogens (tertiary/aromatic N) is 2. The van der Waals surface area contributed by atoms with E-state index in [2.05, 4.69) is 11.5 Å². The quantitative estimate of drug-likeness (QED) is 0.544. The molecule has 1 aromatic heterocycles. The Morgan fingerprint density at radius 3 is 2.48 bits per heavy atom. The predicted molar refractivity (Wildman–Crippen MR) is 105 cm³/mol. The van der Waals surface area contributed by atoms with Crippen LogP contribution in [-0.4, -0.2) is 16.7 Å². The van der Waals surface area contributed by atoms with Crippen LogP contribution in [0.4, 0.5) is 0 Å². The number of hydrogen-bond donors (Lipinski definition) is 0. The number of benzene rings is 2. The molecule has 0 N–H and O–H groups in total. The summed E-state index contributed by atoms with van der Waals surface area (Å²) >= 11 is 12.3. The van der Waals surface area contributed by atoms with Gasteiger partial charge < -0.3 is 9.30 Å². The molecule has 0 radical (unpaired) electrons. The lowest BCUT2D eigenvalue weighted by Crippen LogP contribution is -1.94. The van der Waals surface area contributed by atoms with Gasteiger partial charge in [0.25, 0.3) is 0 Å². The van der Waals surface area contributed by atoms with Crippen LogP contribution in [-0.2, 0) is 6.54 Å². The van der Waals surface area contributed by atoms with Crippen molar-refractivity contribution < 1.29 is 4.74 Å². The van der Waals surface area contributed by atoms with Crippen molar-refractivity contribution in [3.63, 3.8) is 0 Å². The van der Waals surface area contributed by atoms with Crippen LogP contribution < -0.4 is 4.74 Å². The Labute approximate surface area is 157 Å². The molecule has 0 saturated heterocycles. The molecule has 0 saturated carbocycles. The summed E-state index contributed by atoms with van der Waals surface area (Å²) in [6, 6.07) is 13.3. The minimum absolute atomic E-state index is 0.596. The highest BCUT2D eigenvalue weighted by Gasteiger charge is 2.10. The van der Waals surface area contributed by atoms with Crippen molar-refractivity contribution in [1.82, 2.24) is 9.55 Å². The van der Waals surface area contributed by atoms with Crippen molar-refractivity contribution in [3.05, 3.63) is 70.1 Å². The highest BCUT2D eigenvalue weighted by Crippen LogP contribution is 2.30. The van der Waals surface area contributed by atoms with Gasteiger partial charge in [-0.2, -0.15) is 0 Å². The summed E-state index contributed by atoms with van der Waals surface area (Å²) in [4.78, 5) is 4.71. The van der Waals surface area contributed by atoms with E-state index in [0.29, 0.717) is 10.0 Å². The Kier molecular flexibility index (Phi) is 5.47. The number of ether oxygens (including phenoxy) is 1. The fourth-order valence-electron chi connectivity index (χ4n) is 2.53. The summed E-state index contributed by atoms with van der Waals surface area (Å²) < 4.78 is 7.26. The Morgan fingerprint density at radius 1 is 1.08 bits per heavy atom. The first-order valence-electron chi connectivity index (χ1n) is 7.95. The third-order valence-corrected chi connectivity index (χ3v) is 4.44. The van der Waals surface area contributed by atoms with Gasteiger partial charge in [0.15, 0.2) is 0 Å². The standard InChI is InChI=1S/C20H18Cl2N2O/c1-3-24-13-19(17-10-7-15(21)12-18(17)22)23-20(24)11-6-14-4-8-16(25-2)9-5-14/h4-13H,3H2,1-2H3/b11-6+. The molecule has 0 aliphatic heterocycles. The zero-order valence-corrected chi connectivity index (χ0v) is 15.6. The molecule has 3 rings (SSSR count). The molecule has 3 nitrogen and oxygen atoms in total. The molecule has 0 unspecified atom stereocenters. The molecule has 0 atom stereocenters. The minimum Gasteiger partial charge on any atom is -0.497 e. The van der Waals surface area contributed by atoms with Gasteiger partial charge in [-0.25, -0.2) is 4.98 Å². The topological polar surface area (TPSA) is 27.1 Å². The largest absolute Gasteiger partial charge is 0.497 e. The Bertz CT molecular complexity index is 899. The van der Waals surface area contributed by atoms with E-state index < -0.39 is 0 Å². The van der Waals surface area contributed by atoms with Crippen LogP contribution in [0.3, 0.4) is 0 Å². The van der Waals surface area contributed by atoms with E-state index in [1.807, 2.05) is 54.7 Å². The first-order valence-corrected chi connectivity index (χ1v) is 8.71. The van der Waals surface area contributed by atoms with Crippen LogP contribution in [0.25, 0.3) is 23.4 Å². The van der Waals surface area contributed by atoms with Crippen LogP contribution in [0, 0.1) is 0 Å². The van der Waals surface area contributed by atoms with Gasteiger partial charge in [-0.1, -0.05) is 41.4 Å². The molecule has 0 aliphatic rings. The monoisotopic (exact) mass is 372 g/mol. The van der Waals surface area contributed by atoms with E-state index in [1.54, 1.807) is 13.2 Å². The molecule has 25 heavy (non-hydrogen) atoms. The van der Waals surface area contributed by atoms with Crippen molar-refractivity contribution in [2.24, 2.45) is 0 Å². The number of aryl methyl sites for hydroxylation is 1. The van der Waals surface area contributed by atoms with E-state index in [9.17, 15) is 0 Å². The van der Waals surface area contributed by atoms with E-state index in [4.69, 9.17) is 32.9 Å². The van der Waals surface area contributed by atoms with Gasteiger partial charge >= 0.3 is 0 Å². The van der Waals surface area contributed by atoms with Gasteiger partial charge in [0.2, 0.25) is 0 Å². The molecule has 0 fully saturated rings. The SMILES string of the molecule is CCn1cc(-c2ccc(Cl)cc2Cl)nc1/C=C/c1ccc(OC)cc1. The van der Waals surface area contributed by atoms with Gasteiger partial charge in [0.05, 0.1) is 17.8 Å². The molecule has 1 heterocycles. The third kappa shape index (κ3) is 4.06. The summed E-state index contributed by atoms with van der Waals surface area (Å²) in [5, 5.41) is 1.21. The smallest absolute Gasteiger partial charge is 0.133 e. The van der Waals surface area contributed by atoms with E-state index in [1.165, 1.54) is 0 Å². The summed E-state index contributed by atoms with van der Waals surface area (Å²) in [6.45, 7) is 2.90. The number of halogens is 2. The molecule has 3 aromatic rings. The Balaban J connectivity index is 1.91. The average Bonchev–Trinajstić information content (AvgIpc) is 3.03. The first-order chi connectivity index (χ1) is 12.1. The molecule has 128 valence electrons. The zero-order valence-electron chi connectivity index (χ0n) is 14.0. The van der Waals surface area contributed by atoms with Crippen molar-refractivity contribution in [1.29, 1.82) is 0 Å². The Hall–Kier alpha value is -2.23. The third-order valence-electron chi connectivity index (χ3n) is 3.90. The molecular formula is C20H18Cl2N2O. The second-order valence-corrected chi connectivity index (χ2v) is 6.34. The maximum Gasteiger partial charge on any atom is 0.133 e. The fraction of sp³-hybridized carbons (Fsp3) is 0.150. The van der Waals surface area contributed by atoms with Crippen LogP contribution in [0.15, 0.2) is 48.7 Å². The number of aromatic nitrogens is 2. The maximum atomic E-state index is 6.31. The molecule has 2 aromatic carbocycles. The minimum atomic E-state index is 0.596. The summed E-state index contributed by atoms with van der Waals surface area (Å²) in [5.74, 6) is 1.71. The lowest BCUT2D eigenvalue weighted by atomic mass is 10.2. The number of imidazole rings is 1. The second kappa shape index (κ2) is 7.77. The lowest BCUT2D eigenvalue weighted by Gasteiger charge is -2.00. The maximum absolute atomic E-state index is 6.31. The summed E-state index contributed by atoms with van der Waals surface area (Å²) in [5.41, 5.74) is 2.78. The van der Waals surface area contributed by atoms with Crippen LogP contribution in [0.1, 0.15) is 18.3 Å². The fourth-order valence-corrected chi connectivity index (χ4v) is 3.03. The normalized spacial score (nSPS) is 11.2. The highest BCUT2D eigenvalue weighted by atomic mass is 35.5. The lowest BCUT2D eigenvalue weighted by molar-refractivity contribution is 0.415. The molecule has 0 amide bonds. The average molecular weight is 373 g/mol. The van der Waals surface area contributed by atoms with Gasteiger partial charge in [0.1, 0.15) is 11.6 Å². The Morgan fingerprint density at radius 2 is 1.84 bits per heavy atom. The van der Waals surface area contributed by atoms with Crippen molar-refractivity contribution in [3.8, 4) is 17.0 Å². The highest BCUT2D eigenvalue weighted by molar-refractivity contribution is 6.36. The number of hydrogen-bond acceptors (Lipinski definition) is 2. The van der Waals surface area contributed by atoms with Gasteiger partial charge in [-0.05, 0) is 48.9 Å². The van der Waals surface area contributed by atoms with Gasteiger partial charge in [-0.15, -0.1) is 0 Å². The van der Waals surface area contributed by atoms with Gasteiger partial charge in [-0.3, -0.25) is 0 Å². The second-order valence-electron chi connectivity index (χ2n) is 5.50. The predicted octanol–water partition coefficient (Wildman–Crippen LogP) is 6.06. The molecule has 0 spiro atoms. The van der Waals surface area contributed by atoms with Crippen molar-refractivity contribution in [2.75, 3.05) is 7.11 Å². The molecule has 0 aliphatic carbocycles. The van der Waals surface area contributed by atoms with E-state index in [0.717, 1.165) is 34.9 Å². The van der Waals surface area contributed by atoms with Gasteiger partial charge in [0, 0.05) is 23.3 Å². The van der Waals surface area contributed by atoms with Crippen LogP contribution in [0.2, 0.25) is 10.0 Å². The van der Waals surface area contributed by atoms with Crippen LogP contribution in [0.5, 0.6) is 5.75 Å². The van der Waals surface area contributed by atoms with E-state index in [-0.39, 0.29) is 0 Å². The first kappa shape index (κ1) is 17.6. The number of methoxy groups -OCH3 is 1. The summed E-state index contributed by atoms with van der Waals surface area (Å²) in [6.07, 6.45) is 6.03. The summed E-state index contributed by atoms with van der Waals surface area (Å²) in [7, 11) is 1.66.